The summed E-state index contributed by atoms with van der Waals surface area (Å²) in [7, 11) is 3.23. The largest absolute Gasteiger partial charge is 0.497 e. The first-order valence-corrected chi connectivity index (χ1v) is 12.1. The van der Waals surface area contributed by atoms with Gasteiger partial charge in [-0.2, -0.15) is 0 Å². The summed E-state index contributed by atoms with van der Waals surface area (Å²) in [5.41, 5.74) is 2.45. The van der Waals surface area contributed by atoms with Crippen molar-refractivity contribution in [2.24, 2.45) is 0 Å². The van der Waals surface area contributed by atoms with Crippen LogP contribution in [0.5, 0.6) is 17.2 Å². The number of fused-ring (bicyclic) bond motifs is 1. The molecule has 0 unspecified atom stereocenters. The van der Waals surface area contributed by atoms with Crippen LogP contribution in [0.3, 0.4) is 0 Å². The minimum absolute atomic E-state index is 0.00599. The molecule has 0 bridgehead atoms. The molecule has 0 saturated heterocycles. The highest BCUT2D eigenvalue weighted by molar-refractivity contribution is 6.31. The monoisotopic (exact) mass is 534 g/mol. The van der Waals surface area contributed by atoms with E-state index in [-0.39, 0.29) is 12.4 Å². The number of methoxy groups -OCH3 is 2. The van der Waals surface area contributed by atoms with Crippen LogP contribution in [0.1, 0.15) is 10.4 Å². The van der Waals surface area contributed by atoms with Crippen LogP contribution in [0.4, 0.5) is 0 Å². The van der Waals surface area contributed by atoms with Crippen molar-refractivity contribution in [1.29, 1.82) is 0 Å². The van der Waals surface area contributed by atoms with Gasteiger partial charge in [0.1, 0.15) is 28.6 Å². The van der Waals surface area contributed by atoms with Crippen molar-refractivity contribution in [2.45, 2.75) is 0 Å². The van der Waals surface area contributed by atoms with Crippen molar-refractivity contribution < 1.29 is 23.4 Å². The van der Waals surface area contributed by atoms with E-state index in [1.54, 1.807) is 62.8 Å². The molecule has 188 valence electrons. The van der Waals surface area contributed by atoms with Crippen molar-refractivity contribution in [1.82, 2.24) is 0 Å². The van der Waals surface area contributed by atoms with Crippen LogP contribution < -0.4 is 14.2 Å². The number of ketones is 1. The van der Waals surface area contributed by atoms with E-state index in [1.165, 1.54) is 0 Å². The lowest BCUT2D eigenvalue weighted by molar-refractivity contribution is 0.0921. The van der Waals surface area contributed by atoms with E-state index in [1.807, 2.05) is 48.5 Å². The number of carbonyl (C=O) groups is 1. The average Bonchev–Trinajstić information content (AvgIpc) is 3.36. The number of halogens is 2. The first-order chi connectivity index (χ1) is 17.9. The molecule has 5 nitrogen and oxygen atoms in total. The van der Waals surface area contributed by atoms with E-state index >= 15 is 0 Å². The molecular weight excluding hydrogens is 511 g/mol. The lowest BCUT2D eigenvalue weighted by Crippen LogP contribution is -2.11. The molecule has 1 aromatic heterocycles. The van der Waals surface area contributed by atoms with E-state index < -0.39 is 0 Å². The van der Waals surface area contributed by atoms with Gasteiger partial charge >= 0.3 is 0 Å². The molecular formula is C30H24Cl2O5. The smallest absolute Gasteiger partial charge is 0.200 e. The van der Waals surface area contributed by atoms with Gasteiger partial charge in [0, 0.05) is 26.6 Å². The van der Waals surface area contributed by atoms with E-state index in [9.17, 15) is 4.79 Å². The van der Waals surface area contributed by atoms with E-state index in [4.69, 9.17) is 41.8 Å². The molecule has 0 atom stereocenters. The van der Waals surface area contributed by atoms with Crippen LogP contribution in [0, 0.1) is 0 Å². The van der Waals surface area contributed by atoms with Crippen molar-refractivity contribution in [3.63, 3.8) is 0 Å². The molecule has 0 N–H and O–H groups in total. The van der Waals surface area contributed by atoms with E-state index in [0.717, 1.165) is 33.8 Å². The second kappa shape index (κ2) is 12.3. The third-order valence-electron chi connectivity index (χ3n) is 5.45. The Morgan fingerprint density at radius 2 is 1.27 bits per heavy atom. The van der Waals surface area contributed by atoms with Crippen molar-refractivity contribution >= 4 is 40.0 Å². The standard InChI is InChI=1S/C15H13ClO3.C15H11ClO2/c1-18-13-6-2-11(3-7-13)15(17)10-19-14-8-4-12(16)5-9-14;1-17-13-5-2-10(3-6-13)15-9-11-8-12(16)4-7-14(11)18-15/h2-9H,10H2,1H3;2-9H,1H3. The third kappa shape index (κ3) is 7.06. The number of furan rings is 1. The van der Waals surface area contributed by atoms with Crippen molar-refractivity contribution in [3.8, 4) is 28.6 Å². The Morgan fingerprint density at radius 3 is 1.89 bits per heavy atom. The van der Waals surface area contributed by atoms with Crippen LogP contribution in [0.25, 0.3) is 22.3 Å². The zero-order valence-electron chi connectivity index (χ0n) is 20.2. The molecule has 37 heavy (non-hydrogen) atoms. The summed E-state index contributed by atoms with van der Waals surface area (Å²) >= 11 is 11.7. The van der Waals surface area contributed by atoms with Gasteiger partial charge < -0.3 is 18.6 Å². The Hall–Kier alpha value is -3.93. The molecule has 0 saturated carbocycles. The Labute approximate surface area is 225 Å². The van der Waals surface area contributed by atoms with Gasteiger partial charge in [0.25, 0.3) is 0 Å². The SMILES string of the molecule is COc1ccc(-c2cc3cc(Cl)ccc3o2)cc1.COc1ccc(C(=O)COc2ccc(Cl)cc2)cc1. The number of ether oxygens (including phenoxy) is 3. The lowest BCUT2D eigenvalue weighted by Gasteiger charge is -2.06. The molecule has 0 amide bonds. The molecule has 4 aromatic carbocycles. The van der Waals surface area contributed by atoms with E-state index in [2.05, 4.69) is 0 Å². The maximum Gasteiger partial charge on any atom is 0.200 e. The normalized spacial score (nSPS) is 10.4. The maximum absolute atomic E-state index is 11.9. The first-order valence-electron chi connectivity index (χ1n) is 11.3. The summed E-state index contributed by atoms with van der Waals surface area (Å²) in [4.78, 5) is 11.9. The summed E-state index contributed by atoms with van der Waals surface area (Å²) in [5, 5.41) is 2.35. The minimum Gasteiger partial charge on any atom is -0.497 e. The number of hydrogen-bond acceptors (Lipinski definition) is 5. The number of rotatable bonds is 7. The second-order valence-corrected chi connectivity index (χ2v) is 8.79. The number of benzene rings is 4. The lowest BCUT2D eigenvalue weighted by atomic mass is 10.1. The van der Waals surface area contributed by atoms with Crippen LogP contribution in [0.2, 0.25) is 10.0 Å². The highest BCUT2D eigenvalue weighted by Gasteiger charge is 2.08. The summed E-state index contributed by atoms with van der Waals surface area (Å²) in [6, 6.07) is 29.2. The molecule has 0 aliphatic rings. The predicted octanol–water partition coefficient (Wildman–Crippen LogP) is 8.37. The van der Waals surface area contributed by atoms with Gasteiger partial charge in [-0.3, -0.25) is 4.79 Å². The fourth-order valence-electron chi connectivity index (χ4n) is 3.45. The quantitative estimate of drug-likeness (QED) is 0.196. The van der Waals surface area contributed by atoms with Crippen LogP contribution in [0.15, 0.2) is 101 Å². The first kappa shape index (κ1) is 26.1. The predicted molar refractivity (Wildman–Crippen MR) is 147 cm³/mol. The minimum atomic E-state index is -0.0856. The van der Waals surface area contributed by atoms with Gasteiger partial charge in [0.05, 0.1) is 14.2 Å². The van der Waals surface area contributed by atoms with Crippen molar-refractivity contribution in [2.75, 3.05) is 20.8 Å². The molecule has 0 aliphatic heterocycles. The van der Waals surface area contributed by atoms with Crippen molar-refractivity contribution in [3.05, 3.63) is 113 Å². The highest BCUT2D eigenvalue weighted by Crippen LogP contribution is 2.30. The van der Waals surface area contributed by atoms with Gasteiger partial charge in [-0.05, 0) is 97.1 Å². The van der Waals surface area contributed by atoms with Gasteiger partial charge in [0.15, 0.2) is 12.4 Å². The van der Waals surface area contributed by atoms with Crippen LogP contribution >= 0.6 is 23.2 Å². The zero-order valence-corrected chi connectivity index (χ0v) is 21.8. The number of hydrogen-bond donors (Lipinski definition) is 0. The second-order valence-electron chi connectivity index (χ2n) is 7.92. The molecule has 0 radical (unpaired) electrons. The third-order valence-corrected chi connectivity index (χ3v) is 5.94. The molecule has 5 aromatic rings. The van der Waals surface area contributed by atoms with Gasteiger partial charge in [-0.15, -0.1) is 0 Å². The number of carbonyl (C=O) groups excluding carboxylic acids is 1. The van der Waals surface area contributed by atoms with Gasteiger partial charge in [-0.25, -0.2) is 0 Å². The fraction of sp³-hybridized carbons (Fsp3) is 0.100. The Balaban J connectivity index is 0.000000173. The fourth-order valence-corrected chi connectivity index (χ4v) is 3.76. The summed E-state index contributed by atoms with van der Waals surface area (Å²) in [5.74, 6) is 2.91. The zero-order chi connectivity index (χ0) is 26.2. The number of Topliss-reactive ketones (excluding diaryl/α,β-unsaturated/α-hetero) is 1. The molecule has 0 fully saturated rings. The molecule has 1 heterocycles. The van der Waals surface area contributed by atoms with Crippen LogP contribution in [-0.2, 0) is 0 Å². The highest BCUT2D eigenvalue weighted by atomic mass is 35.5. The molecule has 0 aliphatic carbocycles. The van der Waals surface area contributed by atoms with Crippen LogP contribution in [-0.4, -0.2) is 26.6 Å². The van der Waals surface area contributed by atoms with Gasteiger partial charge in [0.2, 0.25) is 0 Å². The summed E-state index contributed by atoms with van der Waals surface area (Å²) < 4.78 is 21.3. The Kier molecular flexibility index (Phi) is 8.72. The molecule has 0 spiro atoms. The van der Waals surface area contributed by atoms with E-state index in [0.29, 0.717) is 21.4 Å². The molecule has 7 heteroatoms. The van der Waals surface area contributed by atoms with Gasteiger partial charge in [-0.1, -0.05) is 23.2 Å². The maximum atomic E-state index is 11.9. The molecule has 5 rings (SSSR count). The Bertz CT molecular complexity index is 1460. The topological polar surface area (TPSA) is 57.9 Å². The summed E-state index contributed by atoms with van der Waals surface area (Å²) in [6.07, 6.45) is 0. The summed E-state index contributed by atoms with van der Waals surface area (Å²) in [6.45, 7) is -0.00599. The Morgan fingerprint density at radius 1 is 0.703 bits per heavy atom. The average molecular weight is 535 g/mol.